The third-order valence-corrected chi connectivity index (χ3v) is 3.65. The summed E-state index contributed by atoms with van der Waals surface area (Å²) in [5.41, 5.74) is 1.68. The van der Waals surface area contributed by atoms with Crippen molar-refractivity contribution in [3.63, 3.8) is 0 Å². The molecular weight excluding hydrogens is 312 g/mol. The first-order chi connectivity index (χ1) is 8.90. The summed E-state index contributed by atoms with van der Waals surface area (Å²) in [7, 11) is 1.85. The molecule has 1 aliphatic rings. The molecule has 0 aliphatic carbocycles. The number of rotatable bonds is 3. The van der Waals surface area contributed by atoms with Crippen LogP contribution in [0.25, 0.3) is 0 Å². The number of carboxylic acids is 1. The maximum absolute atomic E-state index is 12.2. The number of carbonyl (C=O) groups excluding carboxylic acids is 1. The summed E-state index contributed by atoms with van der Waals surface area (Å²) in [4.78, 5) is 26.4. The van der Waals surface area contributed by atoms with Gasteiger partial charge in [-0.25, -0.2) is 0 Å². The second kappa shape index (κ2) is 5.21. The Morgan fingerprint density at radius 2 is 2.16 bits per heavy atom. The molecule has 0 saturated heterocycles. The van der Waals surface area contributed by atoms with Gasteiger partial charge in [0.15, 0.2) is 0 Å². The van der Waals surface area contributed by atoms with Crippen LogP contribution in [-0.4, -0.2) is 36.6 Å². The molecule has 102 valence electrons. The Morgan fingerprint density at radius 3 is 2.79 bits per heavy atom. The average molecular weight is 327 g/mol. The van der Waals surface area contributed by atoms with Gasteiger partial charge in [-0.3, -0.25) is 9.59 Å². The van der Waals surface area contributed by atoms with Crippen molar-refractivity contribution in [2.45, 2.75) is 19.4 Å². The van der Waals surface area contributed by atoms with Crippen molar-refractivity contribution in [2.75, 3.05) is 23.4 Å². The topological polar surface area (TPSA) is 60.9 Å². The van der Waals surface area contributed by atoms with Gasteiger partial charge in [0.2, 0.25) is 5.91 Å². The van der Waals surface area contributed by atoms with Crippen LogP contribution in [0, 0.1) is 0 Å². The summed E-state index contributed by atoms with van der Waals surface area (Å²) < 4.78 is 0.929. The molecule has 0 bridgehead atoms. The Balaban J connectivity index is 2.42. The second-order valence-electron chi connectivity index (χ2n) is 4.70. The van der Waals surface area contributed by atoms with Gasteiger partial charge in [-0.15, -0.1) is 0 Å². The van der Waals surface area contributed by atoms with Gasteiger partial charge in [0.1, 0.15) is 0 Å². The fourth-order valence-corrected chi connectivity index (χ4v) is 2.68. The van der Waals surface area contributed by atoms with Crippen LogP contribution >= 0.6 is 15.9 Å². The minimum atomic E-state index is -0.905. The molecule has 5 nitrogen and oxygen atoms in total. The van der Waals surface area contributed by atoms with Gasteiger partial charge in [0, 0.05) is 17.6 Å². The van der Waals surface area contributed by atoms with Crippen molar-refractivity contribution in [1.29, 1.82) is 0 Å². The third-order valence-electron chi connectivity index (χ3n) is 3.16. The SMILES string of the molecule is CC(CC(=O)O)N1C(=O)CN(C)c2cc(Br)ccc21. The summed E-state index contributed by atoms with van der Waals surface area (Å²) in [6.07, 6.45) is -0.0645. The quantitative estimate of drug-likeness (QED) is 0.924. The van der Waals surface area contributed by atoms with Gasteiger partial charge in [-0.05, 0) is 25.1 Å². The van der Waals surface area contributed by atoms with Crippen molar-refractivity contribution >= 4 is 39.2 Å². The maximum atomic E-state index is 12.2. The van der Waals surface area contributed by atoms with Gasteiger partial charge in [-0.1, -0.05) is 15.9 Å². The fourth-order valence-electron chi connectivity index (χ4n) is 2.33. The van der Waals surface area contributed by atoms with Gasteiger partial charge in [-0.2, -0.15) is 0 Å². The van der Waals surface area contributed by atoms with E-state index in [2.05, 4.69) is 15.9 Å². The van der Waals surface area contributed by atoms with E-state index in [1.807, 2.05) is 30.1 Å². The van der Waals surface area contributed by atoms with E-state index in [9.17, 15) is 9.59 Å². The Labute approximate surface area is 119 Å². The molecule has 0 aromatic heterocycles. The Morgan fingerprint density at radius 1 is 1.47 bits per heavy atom. The summed E-state index contributed by atoms with van der Waals surface area (Å²) in [5, 5.41) is 8.89. The average Bonchev–Trinajstić information content (AvgIpc) is 2.29. The highest BCUT2D eigenvalue weighted by molar-refractivity contribution is 9.10. The lowest BCUT2D eigenvalue weighted by atomic mass is 10.1. The predicted molar refractivity (Wildman–Crippen MR) is 76.6 cm³/mol. The summed E-state index contributed by atoms with van der Waals surface area (Å²) in [5.74, 6) is -0.982. The van der Waals surface area contributed by atoms with E-state index >= 15 is 0 Å². The number of aliphatic carboxylic acids is 1. The number of likely N-dealkylation sites (N-methyl/N-ethyl adjacent to an activating group) is 1. The van der Waals surface area contributed by atoms with Crippen LogP contribution in [0.15, 0.2) is 22.7 Å². The van der Waals surface area contributed by atoms with Crippen LogP contribution in [0.2, 0.25) is 0 Å². The Kier molecular flexibility index (Phi) is 3.80. The number of benzene rings is 1. The molecule has 1 aromatic rings. The van der Waals surface area contributed by atoms with E-state index < -0.39 is 5.97 Å². The van der Waals surface area contributed by atoms with Crippen LogP contribution in [0.1, 0.15) is 13.3 Å². The number of nitrogens with zero attached hydrogens (tertiary/aromatic N) is 2. The van der Waals surface area contributed by atoms with Gasteiger partial charge in [0.05, 0.1) is 24.3 Å². The lowest BCUT2D eigenvalue weighted by molar-refractivity contribution is -0.137. The normalized spacial score (nSPS) is 16.3. The lowest BCUT2D eigenvalue weighted by Crippen LogP contribution is -2.49. The summed E-state index contributed by atoms with van der Waals surface area (Å²) in [6.45, 7) is 2.01. The van der Waals surface area contributed by atoms with Gasteiger partial charge >= 0.3 is 5.97 Å². The van der Waals surface area contributed by atoms with E-state index in [4.69, 9.17) is 5.11 Å². The van der Waals surface area contributed by atoms with E-state index in [0.29, 0.717) is 0 Å². The number of anilines is 2. The minimum Gasteiger partial charge on any atom is -0.481 e. The van der Waals surface area contributed by atoms with Crippen molar-refractivity contribution in [3.05, 3.63) is 22.7 Å². The summed E-state index contributed by atoms with van der Waals surface area (Å²) in [6, 6.07) is 5.26. The second-order valence-corrected chi connectivity index (χ2v) is 5.62. The lowest BCUT2D eigenvalue weighted by Gasteiger charge is -2.38. The van der Waals surface area contributed by atoms with Crippen LogP contribution in [0.4, 0.5) is 11.4 Å². The number of hydrogen-bond donors (Lipinski definition) is 1. The zero-order valence-corrected chi connectivity index (χ0v) is 12.3. The molecule has 6 heteroatoms. The monoisotopic (exact) mass is 326 g/mol. The molecule has 1 amide bonds. The molecule has 2 rings (SSSR count). The van der Waals surface area contributed by atoms with Crippen molar-refractivity contribution in [2.24, 2.45) is 0 Å². The highest BCUT2D eigenvalue weighted by atomic mass is 79.9. The standard InChI is InChI=1S/C13H15BrN2O3/c1-8(5-13(18)19)16-10-4-3-9(14)6-11(10)15(2)7-12(16)17/h3-4,6,8H,5,7H2,1-2H3,(H,18,19). The zero-order chi connectivity index (χ0) is 14.2. The van der Waals surface area contributed by atoms with Crippen LogP contribution in [-0.2, 0) is 9.59 Å². The molecular formula is C13H15BrN2O3. The highest BCUT2D eigenvalue weighted by Crippen LogP contribution is 2.36. The molecule has 0 saturated carbocycles. The molecule has 1 aliphatic heterocycles. The molecule has 1 N–H and O–H groups in total. The largest absolute Gasteiger partial charge is 0.481 e. The van der Waals surface area contributed by atoms with E-state index in [1.165, 1.54) is 0 Å². The minimum absolute atomic E-state index is 0.0645. The molecule has 1 heterocycles. The number of carbonyl (C=O) groups is 2. The Bertz CT molecular complexity index is 533. The first-order valence-corrected chi connectivity index (χ1v) is 6.74. The maximum Gasteiger partial charge on any atom is 0.305 e. The summed E-state index contributed by atoms with van der Waals surface area (Å²) >= 11 is 3.41. The molecule has 1 unspecified atom stereocenters. The van der Waals surface area contributed by atoms with Crippen molar-refractivity contribution < 1.29 is 14.7 Å². The smallest absolute Gasteiger partial charge is 0.305 e. The number of hydrogen-bond acceptors (Lipinski definition) is 3. The first-order valence-electron chi connectivity index (χ1n) is 5.94. The van der Waals surface area contributed by atoms with Crippen molar-refractivity contribution in [1.82, 2.24) is 0 Å². The van der Waals surface area contributed by atoms with Crippen molar-refractivity contribution in [3.8, 4) is 0 Å². The van der Waals surface area contributed by atoms with Crippen LogP contribution < -0.4 is 9.80 Å². The van der Waals surface area contributed by atoms with E-state index in [0.717, 1.165) is 15.8 Å². The molecule has 19 heavy (non-hydrogen) atoms. The number of fused-ring (bicyclic) bond motifs is 1. The number of carboxylic acid groups (broad SMARTS) is 1. The fraction of sp³-hybridized carbons (Fsp3) is 0.385. The number of amides is 1. The molecule has 0 radical (unpaired) electrons. The molecule has 1 aromatic carbocycles. The molecule has 1 atom stereocenters. The number of halogens is 1. The van der Waals surface area contributed by atoms with Gasteiger partial charge in [0.25, 0.3) is 0 Å². The van der Waals surface area contributed by atoms with E-state index in [-0.39, 0.29) is 24.9 Å². The molecule has 0 fully saturated rings. The predicted octanol–water partition coefficient (Wildman–Crippen LogP) is 2.10. The van der Waals surface area contributed by atoms with E-state index in [1.54, 1.807) is 11.8 Å². The highest BCUT2D eigenvalue weighted by Gasteiger charge is 2.31. The Hall–Kier alpha value is -1.56. The first kappa shape index (κ1) is 13.9. The van der Waals surface area contributed by atoms with Gasteiger partial charge < -0.3 is 14.9 Å². The van der Waals surface area contributed by atoms with Crippen LogP contribution in [0.3, 0.4) is 0 Å². The zero-order valence-electron chi connectivity index (χ0n) is 10.8. The third kappa shape index (κ3) is 2.73. The van der Waals surface area contributed by atoms with Crippen LogP contribution in [0.5, 0.6) is 0 Å². The molecule has 0 spiro atoms.